The van der Waals surface area contributed by atoms with Gasteiger partial charge < -0.3 is 14.1 Å². The molecule has 0 aliphatic heterocycles. The molecule has 0 saturated heterocycles. The number of amides is 1. The van der Waals surface area contributed by atoms with Crippen LogP contribution in [0.4, 0.5) is 5.13 Å². The number of carbonyl (C=O) groups excluding carboxylic acids is 1. The first-order valence-corrected chi connectivity index (χ1v) is 9.13. The third kappa shape index (κ3) is 3.14. The highest BCUT2D eigenvalue weighted by atomic mass is 32.1. The van der Waals surface area contributed by atoms with Crippen molar-refractivity contribution in [2.45, 2.75) is 13.5 Å². The highest BCUT2D eigenvalue weighted by molar-refractivity contribution is 7.14. The number of H-pyrrole nitrogens is 1. The summed E-state index contributed by atoms with van der Waals surface area (Å²) in [4.78, 5) is 20.3. The van der Waals surface area contributed by atoms with Crippen LogP contribution in [0.5, 0.6) is 0 Å². The van der Waals surface area contributed by atoms with Crippen LogP contribution in [-0.2, 0) is 11.3 Å². The van der Waals surface area contributed by atoms with E-state index in [1.807, 2.05) is 54.9 Å². The maximum Gasteiger partial charge on any atom is 0.293 e. The van der Waals surface area contributed by atoms with E-state index in [4.69, 9.17) is 9.15 Å². The van der Waals surface area contributed by atoms with E-state index in [-0.39, 0.29) is 11.7 Å². The van der Waals surface area contributed by atoms with Crippen LogP contribution >= 0.6 is 11.3 Å². The monoisotopic (exact) mass is 367 g/mol. The van der Waals surface area contributed by atoms with Gasteiger partial charge in [0.15, 0.2) is 10.9 Å². The molecule has 0 aliphatic rings. The second kappa shape index (κ2) is 7.15. The number of rotatable bonds is 6. The molecular formula is C19H17N3O3S. The normalized spacial score (nSPS) is 11.1. The largest absolute Gasteiger partial charge is 0.451 e. The first-order chi connectivity index (χ1) is 12.8. The molecule has 0 saturated carbocycles. The molecule has 6 nitrogen and oxygen atoms in total. The van der Waals surface area contributed by atoms with Crippen molar-refractivity contribution >= 4 is 33.3 Å². The molecule has 0 fully saturated rings. The molecule has 0 atom stereocenters. The van der Waals surface area contributed by atoms with Gasteiger partial charge in [-0.05, 0) is 25.1 Å². The number of nitrogens with one attached hydrogen (secondary N) is 2. The van der Waals surface area contributed by atoms with Crippen molar-refractivity contribution in [2.24, 2.45) is 0 Å². The summed E-state index contributed by atoms with van der Waals surface area (Å²) in [7, 11) is 0. The summed E-state index contributed by atoms with van der Waals surface area (Å²) in [6, 6.07) is 11.4. The Morgan fingerprint density at radius 3 is 3.00 bits per heavy atom. The zero-order valence-corrected chi connectivity index (χ0v) is 14.9. The molecule has 1 amide bonds. The van der Waals surface area contributed by atoms with E-state index < -0.39 is 0 Å². The van der Waals surface area contributed by atoms with Gasteiger partial charge in [-0.1, -0.05) is 18.2 Å². The van der Waals surface area contributed by atoms with Gasteiger partial charge in [0.2, 0.25) is 0 Å². The van der Waals surface area contributed by atoms with Gasteiger partial charge in [-0.25, -0.2) is 4.98 Å². The fraction of sp³-hybridized carbons (Fsp3) is 0.158. The molecule has 0 aliphatic carbocycles. The number of para-hydroxylation sites is 1. The number of hydrogen-bond donors (Lipinski definition) is 2. The number of benzene rings is 1. The molecule has 4 rings (SSSR count). The highest BCUT2D eigenvalue weighted by Crippen LogP contribution is 2.29. The predicted molar refractivity (Wildman–Crippen MR) is 101 cm³/mol. The van der Waals surface area contributed by atoms with E-state index in [1.165, 1.54) is 11.3 Å². The van der Waals surface area contributed by atoms with Crippen LogP contribution in [0.15, 0.2) is 52.4 Å². The van der Waals surface area contributed by atoms with E-state index in [9.17, 15) is 4.79 Å². The lowest BCUT2D eigenvalue weighted by atomic mass is 10.1. The van der Waals surface area contributed by atoms with Gasteiger partial charge in [0, 0.05) is 29.1 Å². The van der Waals surface area contributed by atoms with Gasteiger partial charge in [0.25, 0.3) is 5.91 Å². The number of ether oxygens (including phenoxy) is 1. The smallest absolute Gasteiger partial charge is 0.293 e. The van der Waals surface area contributed by atoms with E-state index in [0.29, 0.717) is 23.9 Å². The average molecular weight is 367 g/mol. The Bertz CT molecular complexity index is 1030. The number of thiazole rings is 1. The van der Waals surface area contributed by atoms with E-state index in [1.54, 1.807) is 0 Å². The van der Waals surface area contributed by atoms with Gasteiger partial charge in [-0.3, -0.25) is 10.1 Å². The molecule has 0 radical (unpaired) electrons. The van der Waals surface area contributed by atoms with Crippen LogP contribution in [0.2, 0.25) is 0 Å². The number of furan rings is 1. The lowest BCUT2D eigenvalue weighted by molar-refractivity contribution is 0.0984. The maximum absolute atomic E-state index is 12.8. The van der Waals surface area contributed by atoms with Gasteiger partial charge >= 0.3 is 0 Å². The summed E-state index contributed by atoms with van der Waals surface area (Å²) in [5, 5.41) is 6.12. The third-order valence-corrected chi connectivity index (χ3v) is 4.71. The van der Waals surface area contributed by atoms with Crippen LogP contribution in [0.25, 0.3) is 22.4 Å². The fourth-order valence-electron chi connectivity index (χ4n) is 2.73. The second-order valence-electron chi connectivity index (χ2n) is 5.62. The van der Waals surface area contributed by atoms with Gasteiger partial charge in [0.05, 0.1) is 18.0 Å². The van der Waals surface area contributed by atoms with Crippen LogP contribution in [0, 0.1) is 0 Å². The second-order valence-corrected chi connectivity index (χ2v) is 6.48. The summed E-state index contributed by atoms with van der Waals surface area (Å²) >= 11 is 1.37. The van der Waals surface area contributed by atoms with Crippen LogP contribution in [0.1, 0.15) is 23.0 Å². The van der Waals surface area contributed by atoms with E-state index in [0.717, 1.165) is 22.3 Å². The van der Waals surface area contributed by atoms with Crippen LogP contribution < -0.4 is 5.32 Å². The van der Waals surface area contributed by atoms with Gasteiger partial charge in [0.1, 0.15) is 5.58 Å². The average Bonchev–Trinajstić information content (AvgIpc) is 3.39. The van der Waals surface area contributed by atoms with Crippen molar-refractivity contribution in [3.63, 3.8) is 0 Å². The number of aromatic amines is 1. The Morgan fingerprint density at radius 1 is 1.31 bits per heavy atom. The molecule has 3 aromatic heterocycles. The molecule has 4 aromatic rings. The molecule has 0 unspecified atom stereocenters. The highest BCUT2D eigenvalue weighted by Gasteiger charge is 2.21. The quantitative estimate of drug-likeness (QED) is 0.519. The third-order valence-electron chi connectivity index (χ3n) is 3.95. The molecule has 0 spiro atoms. The Labute approximate surface area is 153 Å². The Kier molecular flexibility index (Phi) is 4.55. The SMILES string of the molecule is CCOCc1c(C(=O)Nc2nc(-c3ccc[nH]3)cs2)oc2ccccc12. The topological polar surface area (TPSA) is 80.1 Å². The summed E-state index contributed by atoms with van der Waals surface area (Å²) in [6.45, 7) is 2.80. The number of nitrogens with zero attached hydrogens (tertiary/aromatic N) is 1. The minimum Gasteiger partial charge on any atom is -0.451 e. The Hall–Kier alpha value is -2.90. The maximum atomic E-state index is 12.8. The minimum atomic E-state index is -0.330. The van der Waals surface area contributed by atoms with Crippen LogP contribution in [0.3, 0.4) is 0 Å². The van der Waals surface area contributed by atoms with E-state index >= 15 is 0 Å². The lowest BCUT2D eigenvalue weighted by Gasteiger charge is -2.03. The lowest BCUT2D eigenvalue weighted by Crippen LogP contribution is -2.13. The number of fused-ring (bicyclic) bond motifs is 1. The first kappa shape index (κ1) is 16.6. The number of hydrogen-bond acceptors (Lipinski definition) is 5. The van der Waals surface area contributed by atoms with Crippen molar-refractivity contribution in [3.05, 3.63) is 59.3 Å². The summed E-state index contributed by atoms with van der Waals surface area (Å²) in [6.07, 6.45) is 1.83. The van der Waals surface area contributed by atoms with E-state index in [2.05, 4.69) is 15.3 Å². The molecule has 2 N–H and O–H groups in total. The van der Waals surface area contributed by atoms with Crippen molar-refractivity contribution < 1.29 is 13.9 Å². The summed E-state index contributed by atoms with van der Waals surface area (Å²) < 4.78 is 11.3. The predicted octanol–water partition coefficient (Wildman–Crippen LogP) is 4.67. The number of anilines is 1. The van der Waals surface area contributed by atoms with Gasteiger partial charge in [-0.2, -0.15) is 0 Å². The van der Waals surface area contributed by atoms with Crippen molar-refractivity contribution in [1.82, 2.24) is 9.97 Å². The summed E-state index contributed by atoms with van der Waals surface area (Å²) in [5.74, 6) is -0.0698. The first-order valence-electron chi connectivity index (χ1n) is 8.25. The number of carbonyl (C=O) groups is 1. The molecule has 3 heterocycles. The zero-order chi connectivity index (χ0) is 17.9. The van der Waals surface area contributed by atoms with Crippen molar-refractivity contribution in [1.29, 1.82) is 0 Å². The summed E-state index contributed by atoms with van der Waals surface area (Å²) in [5.41, 5.74) is 3.11. The standard InChI is InChI=1S/C19H17N3O3S/c1-2-24-10-13-12-6-3-4-8-16(12)25-17(13)18(23)22-19-21-15(11-26-19)14-7-5-9-20-14/h3-9,11,20H,2,10H2,1H3,(H,21,22,23). The van der Waals surface area contributed by atoms with Crippen molar-refractivity contribution in [3.8, 4) is 11.4 Å². The molecule has 26 heavy (non-hydrogen) atoms. The Morgan fingerprint density at radius 2 is 2.19 bits per heavy atom. The minimum absolute atomic E-state index is 0.260. The molecule has 7 heteroatoms. The molecule has 0 bridgehead atoms. The Balaban J connectivity index is 1.62. The van der Waals surface area contributed by atoms with Gasteiger partial charge in [-0.15, -0.1) is 11.3 Å². The zero-order valence-electron chi connectivity index (χ0n) is 14.1. The molecule has 1 aromatic carbocycles. The fourth-order valence-corrected chi connectivity index (χ4v) is 3.43. The molecule has 132 valence electrons. The molecular weight excluding hydrogens is 350 g/mol. The van der Waals surface area contributed by atoms with Crippen LogP contribution in [-0.4, -0.2) is 22.5 Å². The van der Waals surface area contributed by atoms with Crippen molar-refractivity contribution in [2.75, 3.05) is 11.9 Å². The number of aromatic nitrogens is 2.